The Kier molecular flexibility index (Phi) is 3.62. The molecule has 1 aliphatic carbocycles. The number of aromatic nitrogens is 2. The number of hydrogen-bond donors (Lipinski definition) is 2. The van der Waals surface area contributed by atoms with Gasteiger partial charge in [0.05, 0.1) is 0 Å². The fourth-order valence-electron chi connectivity index (χ4n) is 2.82. The number of nitrogens with zero attached hydrogens (tertiary/aromatic N) is 2. The van der Waals surface area contributed by atoms with E-state index in [1.165, 1.54) is 11.1 Å². The Hall–Kier alpha value is -1.65. The first-order chi connectivity index (χ1) is 9.34. The molecule has 0 radical (unpaired) electrons. The van der Waals surface area contributed by atoms with Gasteiger partial charge in [-0.25, -0.2) is 0 Å². The largest absolute Gasteiger partial charge is 0.324 e. The predicted molar refractivity (Wildman–Crippen MR) is 75.6 cm³/mol. The fraction of sp³-hybridized carbons (Fsp3) is 0.400. The second-order valence-electron chi connectivity index (χ2n) is 5.10. The standard InChI is InChI=1S/C15H20N4/c16-14-11-15(13-6-2-1-5-12(13)14)17-7-3-9-19-10-4-8-18-19/h1-2,4-6,8,10,14-15,17H,3,7,9,11,16H2. The molecule has 0 amide bonds. The molecule has 0 saturated heterocycles. The fourth-order valence-corrected chi connectivity index (χ4v) is 2.82. The monoisotopic (exact) mass is 256 g/mol. The van der Waals surface area contributed by atoms with E-state index in [0.717, 1.165) is 25.9 Å². The van der Waals surface area contributed by atoms with Crippen LogP contribution in [-0.4, -0.2) is 16.3 Å². The normalized spacial score (nSPS) is 21.5. The molecule has 1 aromatic heterocycles. The maximum absolute atomic E-state index is 6.16. The van der Waals surface area contributed by atoms with E-state index in [2.05, 4.69) is 34.7 Å². The SMILES string of the molecule is NC1CC(NCCCn2cccn2)c2ccccc21. The van der Waals surface area contributed by atoms with E-state index < -0.39 is 0 Å². The zero-order chi connectivity index (χ0) is 13.1. The molecular weight excluding hydrogens is 236 g/mol. The van der Waals surface area contributed by atoms with Gasteiger partial charge in [0.1, 0.15) is 0 Å². The molecular formula is C15H20N4. The first kappa shape index (κ1) is 12.4. The number of benzene rings is 1. The van der Waals surface area contributed by atoms with E-state index in [1.807, 2.05) is 23.1 Å². The lowest BCUT2D eigenvalue weighted by molar-refractivity contribution is 0.469. The number of rotatable bonds is 5. The van der Waals surface area contributed by atoms with Crippen LogP contribution in [0.2, 0.25) is 0 Å². The summed E-state index contributed by atoms with van der Waals surface area (Å²) in [6, 6.07) is 11.0. The Morgan fingerprint density at radius 1 is 1.26 bits per heavy atom. The zero-order valence-corrected chi connectivity index (χ0v) is 11.0. The lowest BCUT2D eigenvalue weighted by atomic mass is 10.1. The minimum atomic E-state index is 0.180. The predicted octanol–water partition coefficient (Wildman–Crippen LogP) is 2.01. The molecule has 1 aromatic carbocycles. The van der Waals surface area contributed by atoms with Crippen LogP contribution in [0.15, 0.2) is 42.7 Å². The third kappa shape index (κ3) is 2.69. The molecule has 4 nitrogen and oxygen atoms in total. The zero-order valence-electron chi connectivity index (χ0n) is 11.0. The molecule has 0 bridgehead atoms. The van der Waals surface area contributed by atoms with Crippen LogP contribution in [0.5, 0.6) is 0 Å². The molecule has 2 aromatic rings. The van der Waals surface area contributed by atoms with Crippen molar-refractivity contribution in [2.24, 2.45) is 5.73 Å². The molecule has 0 fully saturated rings. The van der Waals surface area contributed by atoms with Gasteiger partial charge < -0.3 is 11.1 Å². The third-order valence-electron chi connectivity index (χ3n) is 3.77. The van der Waals surface area contributed by atoms with Crippen molar-refractivity contribution in [3.8, 4) is 0 Å². The van der Waals surface area contributed by atoms with Crippen LogP contribution >= 0.6 is 0 Å². The Bertz CT molecular complexity index is 521. The highest BCUT2D eigenvalue weighted by molar-refractivity contribution is 5.37. The first-order valence-corrected chi connectivity index (χ1v) is 6.90. The average Bonchev–Trinajstić information content (AvgIpc) is 3.04. The van der Waals surface area contributed by atoms with Crippen LogP contribution in [0, 0.1) is 0 Å². The molecule has 0 saturated carbocycles. The lowest BCUT2D eigenvalue weighted by Gasteiger charge is -2.13. The molecule has 1 aliphatic rings. The molecule has 3 N–H and O–H groups in total. The summed E-state index contributed by atoms with van der Waals surface area (Å²) in [6.45, 7) is 1.95. The highest BCUT2D eigenvalue weighted by atomic mass is 15.3. The van der Waals surface area contributed by atoms with Gasteiger partial charge in [0, 0.05) is 31.0 Å². The second kappa shape index (κ2) is 5.55. The minimum absolute atomic E-state index is 0.180. The summed E-state index contributed by atoms with van der Waals surface area (Å²) in [5.41, 5.74) is 8.83. The summed E-state index contributed by atoms with van der Waals surface area (Å²) in [4.78, 5) is 0. The highest BCUT2D eigenvalue weighted by Crippen LogP contribution is 2.36. The van der Waals surface area contributed by atoms with E-state index in [9.17, 15) is 0 Å². The number of fused-ring (bicyclic) bond motifs is 1. The first-order valence-electron chi connectivity index (χ1n) is 6.90. The van der Waals surface area contributed by atoms with Crippen LogP contribution in [0.3, 0.4) is 0 Å². The van der Waals surface area contributed by atoms with Gasteiger partial charge in [0.2, 0.25) is 0 Å². The Morgan fingerprint density at radius 3 is 2.89 bits per heavy atom. The highest BCUT2D eigenvalue weighted by Gasteiger charge is 2.27. The molecule has 0 aliphatic heterocycles. The summed E-state index contributed by atoms with van der Waals surface area (Å²) < 4.78 is 1.97. The van der Waals surface area contributed by atoms with E-state index in [-0.39, 0.29) is 6.04 Å². The summed E-state index contributed by atoms with van der Waals surface area (Å²) >= 11 is 0. The van der Waals surface area contributed by atoms with Gasteiger partial charge in [-0.15, -0.1) is 0 Å². The van der Waals surface area contributed by atoms with Crippen LogP contribution in [-0.2, 0) is 6.54 Å². The van der Waals surface area contributed by atoms with Gasteiger partial charge in [-0.1, -0.05) is 24.3 Å². The van der Waals surface area contributed by atoms with Gasteiger partial charge in [-0.3, -0.25) is 4.68 Å². The van der Waals surface area contributed by atoms with E-state index in [0.29, 0.717) is 6.04 Å². The quantitative estimate of drug-likeness (QED) is 0.805. The molecule has 0 spiro atoms. The topological polar surface area (TPSA) is 55.9 Å². The summed E-state index contributed by atoms with van der Waals surface area (Å²) in [7, 11) is 0. The molecule has 2 atom stereocenters. The van der Waals surface area contributed by atoms with E-state index in [1.54, 1.807) is 0 Å². The van der Waals surface area contributed by atoms with Crippen molar-refractivity contribution in [2.75, 3.05) is 6.54 Å². The van der Waals surface area contributed by atoms with Crippen molar-refractivity contribution in [1.82, 2.24) is 15.1 Å². The summed E-state index contributed by atoms with van der Waals surface area (Å²) in [5.74, 6) is 0. The number of nitrogens with one attached hydrogen (secondary N) is 1. The van der Waals surface area contributed by atoms with Gasteiger partial charge in [-0.2, -0.15) is 5.10 Å². The van der Waals surface area contributed by atoms with Crippen molar-refractivity contribution in [3.05, 3.63) is 53.9 Å². The molecule has 19 heavy (non-hydrogen) atoms. The maximum atomic E-state index is 6.16. The Balaban J connectivity index is 1.51. The summed E-state index contributed by atoms with van der Waals surface area (Å²) in [6.07, 6.45) is 5.90. The molecule has 3 rings (SSSR count). The number of nitrogens with two attached hydrogens (primary N) is 1. The van der Waals surface area contributed by atoms with Gasteiger partial charge >= 0.3 is 0 Å². The summed E-state index contributed by atoms with van der Waals surface area (Å²) in [5, 5.41) is 7.81. The van der Waals surface area contributed by atoms with Gasteiger partial charge in [-0.05, 0) is 36.6 Å². The maximum Gasteiger partial charge on any atom is 0.0489 e. The molecule has 1 heterocycles. The van der Waals surface area contributed by atoms with Crippen LogP contribution in [0.25, 0.3) is 0 Å². The molecule has 100 valence electrons. The lowest BCUT2D eigenvalue weighted by Crippen LogP contribution is -2.22. The van der Waals surface area contributed by atoms with Crippen LogP contribution in [0.4, 0.5) is 0 Å². The molecule has 4 heteroatoms. The number of aryl methyl sites for hydroxylation is 1. The van der Waals surface area contributed by atoms with Crippen molar-refractivity contribution in [2.45, 2.75) is 31.5 Å². The second-order valence-corrected chi connectivity index (χ2v) is 5.10. The van der Waals surface area contributed by atoms with Crippen LogP contribution < -0.4 is 11.1 Å². The number of hydrogen-bond acceptors (Lipinski definition) is 3. The average molecular weight is 256 g/mol. The third-order valence-corrected chi connectivity index (χ3v) is 3.77. The van der Waals surface area contributed by atoms with Gasteiger partial charge in [0.25, 0.3) is 0 Å². The van der Waals surface area contributed by atoms with Crippen molar-refractivity contribution >= 4 is 0 Å². The Labute approximate surface area is 113 Å². The van der Waals surface area contributed by atoms with E-state index >= 15 is 0 Å². The van der Waals surface area contributed by atoms with Crippen molar-refractivity contribution in [3.63, 3.8) is 0 Å². The van der Waals surface area contributed by atoms with Crippen molar-refractivity contribution < 1.29 is 0 Å². The minimum Gasteiger partial charge on any atom is -0.324 e. The van der Waals surface area contributed by atoms with Gasteiger partial charge in [0.15, 0.2) is 0 Å². The molecule has 2 unspecified atom stereocenters. The Morgan fingerprint density at radius 2 is 2.11 bits per heavy atom. The van der Waals surface area contributed by atoms with Crippen LogP contribution in [0.1, 0.15) is 36.1 Å². The smallest absolute Gasteiger partial charge is 0.0489 e. The van der Waals surface area contributed by atoms with E-state index in [4.69, 9.17) is 5.73 Å². The van der Waals surface area contributed by atoms with Crippen molar-refractivity contribution in [1.29, 1.82) is 0 Å².